The van der Waals surface area contributed by atoms with Gasteiger partial charge in [-0.2, -0.15) is 0 Å². The van der Waals surface area contributed by atoms with Crippen LogP contribution in [0.4, 0.5) is 0 Å². The summed E-state index contributed by atoms with van der Waals surface area (Å²) in [6.07, 6.45) is 3.03. The summed E-state index contributed by atoms with van der Waals surface area (Å²) in [5.41, 5.74) is 3.21. The van der Waals surface area contributed by atoms with Crippen LogP contribution in [0, 0.1) is 6.92 Å². The van der Waals surface area contributed by atoms with E-state index in [0.717, 1.165) is 10.6 Å². The monoisotopic (exact) mass is 281 g/mol. The minimum absolute atomic E-state index is 0.116. The Bertz CT molecular complexity index is 570. The van der Waals surface area contributed by atoms with Crippen LogP contribution < -0.4 is 0 Å². The van der Waals surface area contributed by atoms with Gasteiger partial charge >= 0.3 is 0 Å². The molecule has 0 unspecified atom stereocenters. The van der Waals surface area contributed by atoms with Crippen molar-refractivity contribution in [3.05, 3.63) is 45.1 Å². The third-order valence-corrected chi connectivity index (χ3v) is 3.80. The molecule has 0 saturated carbocycles. The highest BCUT2D eigenvalue weighted by molar-refractivity contribution is 7.09. The number of rotatable bonds is 3. The van der Waals surface area contributed by atoms with Gasteiger partial charge in [0.25, 0.3) is 5.91 Å². The first-order chi connectivity index (χ1) is 8.59. The van der Waals surface area contributed by atoms with Gasteiger partial charge in [0.2, 0.25) is 0 Å². The number of carbonyl (C=O) groups is 1. The first-order valence-corrected chi connectivity index (χ1v) is 6.59. The van der Waals surface area contributed by atoms with Crippen molar-refractivity contribution in [3.63, 3.8) is 0 Å². The summed E-state index contributed by atoms with van der Waals surface area (Å²) in [6.45, 7) is 2.47. The average Bonchev–Trinajstić information content (AvgIpc) is 2.75. The summed E-state index contributed by atoms with van der Waals surface area (Å²) in [7, 11) is 1.75. The third kappa shape index (κ3) is 2.68. The fourth-order valence-corrected chi connectivity index (χ4v) is 2.55. The molecule has 0 aliphatic rings. The van der Waals surface area contributed by atoms with E-state index in [0.29, 0.717) is 17.1 Å². The summed E-state index contributed by atoms with van der Waals surface area (Å²) < 4.78 is 0. The molecule has 94 valence electrons. The molecule has 1 amide bonds. The minimum atomic E-state index is -0.116. The Balaban J connectivity index is 2.15. The van der Waals surface area contributed by atoms with Crippen molar-refractivity contribution in [3.8, 4) is 0 Å². The maximum atomic E-state index is 12.2. The Morgan fingerprint density at radius 2 is 2.33 bits per heavy atom. The lowest BCUT2D eigenvalue weighted by Gasteiger charge is -2.17. The predicted octanol–water partition coefficient (Wildman–Crippen LogP) is 2.77. The fraction of sp³-hybridized carbons (Fsp3) is 0.250. The van der Waals surface area contributed by atoms with Gasteiger partial charge in [0.15, 0.2) is 0 Å². The maximum absolute atomic E-state index is 12.2. The minimum Gasteiger partial charge on any atom is -0.336 e. The quantitative estimate of drug-likeness (QED) is 0.869. The zero-order chi connectivity index (χ0) is 13.1. The van der Waals surface area contributed by atoms with E-state index in [1.165, 1.54) is 6.20 Å². The first kappa shape index (κ1) is 13.0. The SMILES string of the molecule is Cc1ncsc1CN(C)C(=O)c1ccncc1Cl. The lowest BCUT2D eigenvalue weighted by Crippen LogP contribution is -2.26. The Morgan fingerprint density at radius 1 is 1.56 bits per heavy atom. The van der Waals surface area contributed by atoms with Crippen LogP contribution in [-0.2, 0) is 6.54 Å². The van der Waals surface area contributed by atoms with Crippen LogP contribution in [0.3, 0.4) is 0 Å². The lowest BCUT2D eigenvalue weighted by atomic mass is 10.2. The fourth-order valence-electron chi connectivity index (χ4n) is 1.52. The molecule has 0 fully saturated rings. The molecule has 2 aromatic rings. The van der Waals surface area contributed by atoms with E-state index in [2.05, 4.69) is 9.97 Å². The number of aromatic nitrogens is 2. The molecule has 4 nitrogen and oxygen atoms in total. The molecular weight excluding hydrogens is 270 g/mol. The van der Waals surface area contributed by atoms with Crippen LogP contribution in [0.1, 0.15) is 20.9 Å². The van der Waals surface area contributed by atoms with Crippen LogP contribution >= 0.6 is 22.9 Å². The molecule has 0 aliphatic heterocycles. The number of pyridine rings is 1. The molecule has 0 bridgehead atoms. The molecule has 0 aliphatic carbocycles. The molecule has 0 N–H and O–H groups in total. The second kappa shape index (κ2) is 5.46. The summed E-state index contributed by atoms with van der Waals surface area (Å²) in [5.74, 6) is -0.116. The molecule has 6 heteroatoms. The summed E-state index contributed by atoms with van der Waals surface area (Å²) in [4.78, 5) is 22.9. The van der Waals surface area contributed by atoms with Gasteiger partial charge in [-0.25, -0.2) is 4.98 Å². The van der Waals surface area contributed by atoms with Gasteiger partial charge in [0, 0.05) is 24.3 Å². The van der Waals surface area contributed by atoms with E-state index in [1.807, 2.05) is 6.92 Å². The van der Waals surface area contributed by atoms with E-state index < -0.39 is 0 Å². The molecule has 0 aromatic carbocycles. The van der Waals surface area contributed by atoms with Crippen molar-refractivity contribution < 1.29 is 4.79 Å². The number of aryl methyl sites for hydroxylation is 1. The van der Waals surface area contributed by atoms with E-state index in [-0.39, 0.29) is 5.91 Å². The van der Waals surface area contributed by atoms with Gasteiger partial charge in [0.1, 0.15) is 0 Å². The molecule has 18 heavy (non-hydrogen) atoms. The number of carbonyl (C=O) groups excluding carboxylic acids is 1. The largest absolute Gasteiger partial charge is 0.336 e. The van der Waals surface area contributed by atoms with Crippen molar-refractivity contribution in [1.82, 2.24) is 14.9 Å². The van der Waals surface area contributed by atoms with Crippen LogP contribution in [0.15, 0.2) is 24.0 Å². The molecule has 0 atom stereocenters. The van der Waals surface area contributed by atoms with Crippen molar-refractivity contribution in [2.45, 2.75) is 13.5 Å². The van der Waals surface area contributed by atoms with Crippen LogP contribution in [0.2, 0.25) is 5.02 Å². The average molecular weight is 282 g/mol. The highest BCUT2D eigenvalue weighted by atomic mass is 35.5. The lowest BCUT2D eigenvalue weighted by molar-refractivity contribution is 0.0786. The Hall–Kier alpha value is -1.46. The van der Waals surface area contributed by atoms with Crippen molar-refractivity contribution >= 4 is 28.8 Å². The normalized spacial score (nSPS) is 10.4. The second-order valence-corrected chi connectivity index (χ2v) is 5.22. The zero-order valence-corrected chi connectivity index (χ0v) is 11.6. The van der Waals surface area contributed by atoms with Gasteiger partial charge in [-0.05, 0) is 13.0 Å². The van der Waals surface area contributed by atoms with Crippen molar-refractivity contribution in [2.24, 2.45) is 0 Å². The Morgan fingerprint density at radius 3 is 2.94 bits per heavy atom. The van der Waals surface area contributed by atoms with Crippen molar-refractivity contribution in [1.29, 1.82) is 0 Å². The standard InChI is InChI=1S/C12H12ClN3OS/c1-8-11(18-7-15-8)6-16(2)12(17)9-3-4-14-5-10(9)13/h3-5,7H,6H2,1-2H3. The zero-order valence-electron chi connectivity index (χ0n) is 10.1. The first-order valence-electron chi connectivity index (χ1n) is 5.33. The smallest absolute Gasteiger partial charge is 0.255 e. The topological polar surface area (TPSA) is 46.1 Å². The number of nitrogens with zero attached hydrogens (tertiary/aromatic N) is 3. The molecule has 0 radical (unpaired) electrons. The number of hydrogen-bond acceptors (Lipinski definition) is 4. The molecule has 2 aromatic heterocycles. The van der Waals surface area contributed by atoms with Gasteiger partial charge in [0.05, 0.1) is 28.3 Å². The maximum Gasteiger partial charge on any atom is 0.255 e. The third-order valence-electron chi connectivity index (χ3n) is 2.58. The summed E-state index contributed by atoms with van der Waals surface area (Å²) >= 11 is 7.50. The van der Waals surface area contributed by atoms with Gasteiger partial charge in [-0.15, -0.1) is 11.3 Å². The highest BCUT2D eigenvalue weighted by Crippen LogP contribution is 2.18. The molecule has 2 rings (SSSR count). The summed E-state index contributed by atoms with van der Waals surface area (Å²) in [5, 5.41) is 0.371. The Labute approximate surface area is 114 Å². The predicted molar refractivity (Wildman–Crippen MR) is 71.9 cm³/mol. The summed E-state index contributed by atoms with van der Waals surface area (Å²) in [6, 6.07) is 1.63. The number of thiazole rings is 1. The Kier molecular flexibility index (Phi) is 3.93. The van der Waals surface area contributed by atoms with Crippen LogP contribution in [-0.4, -0.2) is 27.8 Å². The van der Waals surface area contributed by atoms with Crippen LogP contribution in [0.25, 0.3) is 0 Å². The molecular formula is C12H12ClN3OS. The number of halogens is 1. The van der Waals surface area contributed by atoms with Gasteiger partial charge < -0.3 is 4.90 Å². The second-order valence-electron chi connectivity index (χ2n) is 3.88. The molecule has 0 spiro atoms. The van der Waals surface area contributed by atoms with Gasteiger partial charge in [-0.3, -0.25) is 9.78 Å². The van der Waals surface area contributed by atoms with E-state index in [1.54, 1.807) is 41.1 Å². The van der Waals surface area contributed by atoms with Crippen molar-refractivity contribution in [2.75, 3.05) is 7.05 Å². The van der Waals surface area contributed by atoms with E-state index in [4.69, 9.17) is 11.6 Å². The van der Waals surface area contributed by atoms with Gasteiger partial charge in [-0.1, -0.05) is 11.6 Å². The number of hydrogen-bond donors (Lipinski definition) is 0. The van der Waals surface area contributed by atoms with Crippen LogP contribution in [0.5, 0.6) is 0 Å². The molecule has 2 heterocycles. The van der Waals surface area contributed by atoms with E-state index >= 15 is 0 Å². The molecule has 0 saturated heterocycles. The highest BCUT2D eigenvalue weighted by Gasteiger charge is 2.16. The van der Waals surface area contributed by atoms with E-state index in [9.17, 15) is 4.79 Å². The number of amides is 1.